The van der Waals surface area contributed by atoms with Crippen molar-refractivity contribution in [1.29, 1.82) is 0 Å². The van der Waals surface area contributed by atoms with Crippen LogP contribution in [0.3, 0.4) is 0 Å². The lowest BCUT2D eigenvalue weighted by atomic mass is 10.0. The molecule has 23 heavy (non-hydrogen) atoms. The van der Waals surface area contributed by atoms with Crippen LogP contribution < -0.4 is 4.90 Å². The molecule has 1 atom stereocenters. The van der Waals surface area contributed by atoms with Gasteiger partial charge in [-0.15, -0.1) is 11.3 Å². The number of carbonyl (C=O) groups is 1. The second kappa shape index (κ2) is 7.38. The van der Waals surface area contributed by atoms with Gasteiger partial charge in [0.05, 0.1) is 22.5 Å². The van der Waals surface area contributed by atoms with Crippen LogP contribution in [0.25, 0.3) is 0 Å². The average molecular weight is 418 g/mol. The van der Waals surface area contributed by atoms with Crippen LogP contribution in [-0.4, -0.2) is 33.8 Å². The number of halogens is 1. The van der Waals surface area contributed by atoms with Crippen LogP contribution in [0.5, 0.6) is 0 Å². The Balaban J connectivity index is 2.11. The van der Waals surface area contributed by atoms with Crippen LogP contribution in [0.15, 0.2) is 10.5 Å². The Hall–Kier alpha value is -0.173. The molecule has 0 aliphatic carbocycles. The van der Waals surface area contributed by atoms with Crippen LogP contribution in [0.2, 0.25) is 18.1 Å². The Morgan fingerprint density at radius 3 is 2.70 bits per heavy atom. The minimum absolute atomic E-state index is 0.239. The molecule has 2 rings (SSSR count). The van der Waals surface area contributed by atoms with Gasteiger partial charge in [0.15, 0.2) is 14.6 Å². The summed E-state index contributed by atoms with van der Waals surface area (Å²) in [4.78, 5) is 14.3. The molecule has 6 heteroatoms. The number of nitrogens with zero attached hydrogens (tertiary/aromatic N) is 1. The molecule has 0 radical (unpaired) electrons. The quantitative estimate of drug-likeness (QED) is 0.454. The van der Waals surface area contributed by atoms with Gasteiger partial charge < -0.3 is 9.33 Å². The van der Waals surface area contributed by atoms with Crippen molar-refractivity contribution in [3.63, 3.8) is 0 Å². The van der Waals surface area contributed by atoms with Gasteiger partial charge in [0.2, 0.25) is 0 Å². The molecule has 1 saturated heterocycles. The molecule has 1 fully saturated rings. The highest BCUT2D eigenvalue weighted by atomic mass is 79.9. The highest BCUT2D eigenvalue weighted by molar-refractivity contribution is 9.10. The number of hydrogen-bond acceptors (Lipinski definition) is 4. The van der Waals surface area contributed by atoms with Crippen molar-refractivity contribution in [2.75, 3.05) is 18.1 Å². The third-order valence-electron chi connectivity index (χ3n) is 5.16. The zero-order valence-corrected chi connectivity index (χ0v) is 18.2. The molecular weight excluding hydrogens is 390 g/mol. The lowest BCUT2D eigenvalue weighted by Crippen LogP contribution is -2.48. The number of rotatable bonds is 5. The second-order valence-electron chi connectivity index (χ2n) is 7.83. The zero-order chi connectivity index (χ0) is 17.3. The molecule has 2 heterocycles. The van der Waals surface area contributed by atoms with E-state index in [1.165, 1.54) is 24.3 Å². The number of piperidine rings is 1. The van der Waals surface area contributed by atoms with Gasteiger partial charge in [-0.2, -0.15) is 0 Å². The molecule has 0 aromatic carbocycles. The first-order chi connectivity index (χ1) is 10.7. The standard InChI is InChI=1S/C17H28BrNO2SSi/c1-17(2,3)23(4,5)21-12-13-8-6-7-9-19(13)16-10-14(18)15(11-20)22-16/h10-11,13H,6-9,12H2,1-5H3. The SMILES string of the molecule is CC(C)(C)[Si](C)(C)OCC1CCCCN1c1cc(Br)c(C=O)s1. The monoisotopic (exact) mass is 417 g/mol. The summed E-state index contributed by atoms with van der Waals surface area (Å²) in [5.41, 5.74) is 0. The van der Waals surface area contributed by atoms with Crippen molar-refractivity contribution in [3.8, 4) is 0 Å². The molecule has 1 unspecified atom stereocenters. The molecule has 0 spiro atoms. The highest BCUT2D eigenvalue weighted by Crippen LogP contribution is 2.39. The van der Waals surface area contributed by atoms with E-state index in [0.717, 1.165) is 28.8 Å². The largest absolute Gasteiger partial charge is 0.415 e. The highest BCUT2D eigenvalue weighted by Gasteiger charge is 2.38. The minimum Gasteiger partial charge on any atom is -0.415 e. The van der Waals surface area contributed by atoms with Crippen molar-refractivity contribution >= 4 is 46.9 Å². The van der Waals surface area contributed by atoms with Gasteiger partial charge >= 0.3 is 0 Å². The molecule has 0 saturated carbocycles. The number of hydrogen-bond donors (Lipinski definition) is 0. The Morgan fingerprint density at radius 2 is 2.13 bits per heavy atom. The van der Waals surface area contributed by atoms with Gasteiger partial charge in [-0.25, -0.2) is 0 Å². The smallest absolute Gasteiger partial charge is 0.192 e. The van der Waals surface area contributed by atoms with Gasteiger partial charge in [0.25, 0.3) is 0 Å². The predicted molar refractivity (Wildman–Crippen MR) is 106 cm³/mol. The van der Waals surface area contributed by atoms with Gasteiger partial charge in [-0.1, -0.05) is 20.8 Å². The van der Waals surface area contributed by atoms with E-state index in [4.69, 9.17) is 4.43 Å². The van der Waals surface area contributed by atoms with E-state index in [2.05, 4.69) is 60.8 Å². The summed E-state index contributed by atoms with van der Waals surface area (Å²) < 4.78 is 7.37. The van der Waals surface area contributed by atoms with Crippen LogP contribution in [0.4, 0.5) is 5.00 Å². The Morgan fingerprint density at radius 1 is 1.43 bits per heavy atom. The van der Waals surface area contributed by atoms with Crippen LogP contribution in [0, 0.1) is 0 Å². The van der Waals surface area contributed by atoms with E-state index in [1.807, 2.05) is 0 Å². The van der Waals surface area contributed by atoms with E-state index in [9.17, 15) is 4.79 Å². The molecule has 0 amide bonds. The first-order valence-corrected chi connectivity index (χ1v) is 12.8. The lowest BCUT2D eigenvalue weighted by molar-refractivity contribution is 0.112. The van der Waals surface area contributed by atoms with Crippen LogP contribution >= 0.6 is 27.3 Å². The molecule has 1 aromatic heterocycles. The summed E-state index contributed by atoms with van der Waals surface area (Å²) in [6.07, 6.45) is 4.57. The van der Waals surface area contributed by atoms with Crippen molar-refractivity contribution in [3.05, 3.63) is 15.4 Å². The maximum Gasteiger partial charge on any atom is 0.192 e. The van der Waals surface area contributed by atoms with Crippen molar-refractivity contribution in [2.45, 2.75) is 64.2 Å². The third kappa shape index (κ3) is 4.47. The fraction of sp³-hybridized carbons (Fsp3) is 0.706. The maximum absolute atomic E-state index is 11.1. The van der Waals surface area contributed by atoms with Gasteiger partial charge in [0, 0.05) is 11.0 Å². The Kier molecular flexibility index (Phi) is 6.14. The van der Waals surface area contributed by atoms with Crippen molar-refractivity contribution in [2.24, 2.45) is 0 Å². The third-order valence-corrected chi connectivity index (χ3v) is 11.7. The molecular formula is C17H28BrNO2SSi. The van der Waals surface area contributed by atoms with Gasteiger partial charge in [0.1, 0.15) is 0 Å². The first kappa shape index (κ1) is 19.2. The summed E-state index contributed by atoms with van der Waals surface area (Å²) >= 11 is 5.06. The number of carbonyl (C=O) groups excluding carboxylic acids is 1. The van der Waals surface area contributed by atoms with E-state index in [1.54, 1.807) is 11.3 Å². The molecule has 1 aromatic rings. The summed E-state index contributed by atoms with van der Waals surface area (Å²) in [5.74, 6) is 0. The first-order valence-electron chi connectivity index (χ1n) is 8.31. The maximum atomic E-state index is 11.1. The molecule has 1 aliphatic heterocycles. The topological polar surface area (TPSA) is 29.5 Å². The molecule has 1 aliphatic rings. The summed E-state index contributed by atoms with van der Waals surface area (Å²) in [5, 5.41) is 1.42. The van der Waals surface area contributed by atoms with Crippen molar-refractivity contribution in [1.82, 2.24) is 0 Å². The predicted octanol–water partition coefficient (Wildman–Crippen LogP) is 5.70. The molecule has 3 nitrogen and oxygen atoms in total. The second-order valence-corrected chi connectivity index (χ2v) is 14.6. The minimum atomic E-state index is -1.72. The van der Waals surface area contributed by atoms with E-state index in [0.29, 0.717) is 6.04 Å². The summed E-state index contributed by atoms with van der Waals surface area (Å²) in [7, 11) is -1.72. The fourth-order valence-electron chi connectivity index (χ4n) is 2.58. The summed E-state index contributed by atoms with van der Waals surface area (Å²) in [6, 6.07) is 2.50. The number of anilines is 1. The Bertz CT molecular complexity index is 553. The molecule has 0 N–H and O–H groups in total. The number of aldehydes is 1. The summed E-state index contributed by atoms with van der Waals surface area (Å²) in [6.45, 7) is 13.3. The van der Waals surface area contributed by atoms with Crippen LogP contribution in [0.1, 0.15) is 49.7 Å². The fourth-order valence-corrected chi connectivity index (χ4v) is 5.29. The molecule has 130 valence electrons. The van der Waals surface area contributed by atoms with Gasteiger partial charge in [-0.3, -0.25) is 4.79 Å². The lowest BCUT2D eigenvalue weighted by Gasteiger charge is -2.41. The number of thiophene rings is 1. The Labute approximate surface area is 153 Å². The normalized spacial score (nSPS) is 19.9. The van der Waals surface area contributed by atoms with E-state index in [-0.39, 0.29) is 5.04 Å². The van der Waals surface area contributed by atoms with Crippen LogP contribution in [-0.2, 0) is 4.43 Å². The van der Waals surface area contributed by atoms with E-state index >= 15 is 0 Å². The van der Waals surface area contributed by atoms with Gasteiger partial charge in [-0.05, 0) is 59.4 Å². The molecule has 0 bridgehead atoms. The van der Waals surface area contributed by atoms with E-state index < -0.39 is 8.32 Å². The van der Waals surface area contributed by atoms with Crippen molar-refractivity contribution < 1.29 is 9.22 Å². The zero-order valence-electron chi connectivity index (χ0n) is 14.8. The average Bonchev–Trinajstić information content (AvgIpc) is 2.85.